The molecule has 3 heterocycles. The van der Waals surface area contributed by atoms with Gasteiger partial charge in [0.05, 0.1) is 24.3 Å². The van der Waals surface area contributed by atoms with Gasteiger partial charge in [-0.25, -0.2) is 15.0 Å². The first-order valence-electron chi connectivity index (χ1n) is 7.68. The molecule has 2 aromatic heterocycles. The van der Waals surface area contributed by atoms with Gasteiger partial charge in [0.1, 0.15) is 17.4 Å². The summed E-state index contributed by atoms with van der Waals surface area (Å²) in [6, 6.07) is 0. The highest BCUT2D eigenvalue weighted by Crippen LogP contribution is 2.35. The number of hydrogen-bond acceptors (Lipinski definition) is 8. The number of anilines is 1. The molecule has 23 heavy (non-hydrogen) atoms. The zero-order chi connectivity index (χ0) is 16.6. The van der Waals surface area contributed by atoms with Gasteiger partial charge in [-0.1, -0.05) is 13.3 Å². The molecule has 0 unspecified atom stereocenters. The van der Waals surface area contributed by atoms with Crippen LogP contribution >= 0.6 is 12.6 Å². The predicted molar refractivity (Wildman–Crippen MR) is 88.1 cm³/mol. The molecule has 8 nitrogen and oxygen atoms in total. The topological polar surface area (TPSA) is 119 Å². The molecule has 0 aromatic carbocycles. The molecule has 2 aromatic rings. The van der Waals surface area contributed by atoms with Crippen LogP contribution in [0.15, 0.2) is 6.33 Å². The van der Waals surface area contributed by atoms with Crippen molar-refractivity contribution in [1.29, 1.82) is 0 Å². The maximum absolute atomic E-state index is 10.1. The van der Waals surface area contributed by atoms with Crippen LogP contribution in [-0.4, -0.2) is 53.8 Å². The van der Waals surface area contributed by atoms with Crippen molar-refractivity contribution in [2.24, 2.45) is 0 Å². The number of nitrogens with two attached hydrogens (primary N) is 1. The second-order valence-corrected chi connectivity index (χ2v) is 6.28. The number of ether oxygens (including phenoxy) is 1. The Hall–Kier alpha value is -1.42. The number of aryl methyl sites for hydroxylation is 1. The minimum Gasteiger partial charge on any atom is -0.394 e. The lowest BCUT2D eigenvalue weighted by molar-refractivity contribution is -0.0430. The lowest BCUT2D eigenvalue weighted by atomic mass is 10.2. The van der Waals surface area contributed by atoms with Crippen molar-refractivity contribution in [3.05, 3.63) is 12.2 Å². The molecule has 3 rings (SSSR count). The first-order valence-corrected chi connectivity index (χ1v) is 8.19. The molecule has 4 atom stereocenters. The zero-order valence-corrected chi connectivity index (χ0v) is 13.7. The predicted octanol–water partition coefficient (Wildman–Crippen LogP) is 0.300. The Morgan fingerprint density at radius 2 is 2.22 bits per heavy atom. The van der Waals surface area contributed by atoms with Crippen molar-refractivity contribution >= 4 is 29.6 Å². The number of hydrogen-bond donors (Lipinski definition) is 4. The monoisotopic (exact) mass is 339 g/mol. The first-order chi connectivity index (χ1) is 11.1. The van der Waals surface area contributed by atoms with Gasteiger partial charge in [0.15, 0.2) is 17.7 Å². The third kappa shape index (κ3) is 2.89. The molecular formula is C14H21N5O3S. The molecule has 0 bridgehead atoms. The Balaban J connectivity index is 1.99. The molecule has 0 radical (unpaired) electrons. The summed E-state index contributed by atoms with van der Waals surface area (Å²) in [5, 5.41) is 18.9. The number of thiol groups is 1. The molecule has 1 aliphatic rings. The summed E-state index contributed by atoms with van der Waals surface area (Å²) in [7, 11) is 0. The van der Waals surface area contributed by atoms with Crippen molar-refractivity contribution < 1.29 is 14.9 Å². The van der Waals surface area contributed by atoms with Gasteiger partial charge in [0, 0.05) is 6.42 Å². The smallest absolute Gasteiger partial charge is 0.167 e. The Kier molecular flexibility index (Phi) is 4.72. The molecule has 1 saturated heterocycles. The van der Waals surface area contributed by atoms with Crippen LogP contribution in [0.3, 0.4) is 0 Å². The van der Waals surface area contributed by atoms with Gasteiger partial charge in [0.2, 0.25) is 0 Å². The third-order valence-electron chi connectivity index (χ3n) is 4.04. The summed E-state index contributed by atoms with van der Waals surface area (Å²) in [4.78, 5) is 13.1. The van der Waals surface area contributed by atoms with E-state index in [1.807, 2.05) is 0 Å². The van der Waals surface area contributed by atoms with E-state index < -0.39 is 23.7 Å². The molecule has 0 saturated carbocycles. The summed E-state index contributed by atoms with van der Waals surface area (Å²) >= 11 is 4.41. The van der Waals surface area contributed by atoms with Crippen molar-refractivity contribution in [3.8, 4) is 0 Å². The van der Waals surface area contributed by atoms with Crippen molar-refractivity contribution in [1.82, 2.24) is 19.5 Å². The fraction of sp³-hybridized carbons (Fsp3) is 0.643. The summed E-state index contributed by atoms with van der Waals surface area (Å²) in [5.41, 5.74) is 7.03. The first kappa shape index (κ1) is 16.4. The van der Waals surface area contributed by atoms with Crippen LogP contribution < -0.4 is 5.73 Å². The summed E-state index contributed by atoms with van der Waals surface area (Å²) in [5.74, 6) is 0.986. The van der Waals surface area contributed by atoms with Gasteiger partial charge in [0.25, 0.3) is 0 Å². The molecule has 1 aliphatic heterocycles. The SMILES string of the molecule is CCCCc1nc(N)c2ncn([C@@H]3O[C@H](CO)[C@@H](O)[C@H]3S)c2n1. The van der Waals surface area contributed by atoms with Gasteiger partial charge >= 0.3 is 0 Å². The van der Waals surface area contributed by atoms with E-state index in [-0.39, 0.29) is 6.61 Å². The molecule has 4 N–H and O–H groups in total. The van der Waals surface area contributed by atoms with E-state index in [2.05, 4.69) is 34.5 Å². The standard InChI is InChI=1S/C14H21N5O3S/c1-2-3-4-8-17-12(15)9-13(18-8)19(6-16-9)14-11(23)10(21)7(5-20)22-14/h6-7,10-11,14,20-21,23H,2-5H2,1H3,(H2,15,17,18)/t7-,10-,11-,14-/m1/s1. The van der Waals surface area contributed by atoms with Crippen molar-refractivity contribution in [2.75, 3.05) is 12.3 Å². The second-order valence-electron chi connectivity index (χ2n) is 5.68. The Morgan fingerprint density at radius 1 is 1.43 bits per heavy atom. The second kappa shape index (κ2) is 6.60. The van der Waals surface area contributed by atoms with Gasteiger partial charge in [-0.05, 0) is 6.42 Å². The number of unbranched alkanes of at least 4 members (excludes halogenated alkanes) is 1. The summed E-state index contributed by atoms with van der Waals surface area (Å²) in [6.45, 7) is 1.82. The largest absolute Gasteiger partial charge is 0.394 e. The van der Waals surface area contributed by atoms with Gasteiger partial charge in [-0.2, -0.15) is 12.6 Å². The number of nitrogens with zero attached hydrogens (tertiary/aromatic N) is 4. The van der Waals surface area contributed by atoms with Crippen LogP contribution in [0.25, 0.3) is 11.2 Å². The Morgan fingerprint density at radius 3 is 2.87 bits per heavy atom. The average molecular weight is 339 g/mol. The number of rotatable bonds is 5. The molecular weight excluding hydrogens is 318 g/mol. The Bertz CT molecular complexity index is 694. The molecule has 9 heteroatoms. The van der Waals surface area contributed by atoms with Crippen LogP contribution in [0, 0.1) is 0 Å². The summed E-state index contributed by atoms with van der Waals surface area (Å²) < 4.78 is 7.39. The minimum absolute atomic E-state index is 0.278. The van der Waals surface area contributed by atoms with E-state index in [1.54, 1.807) is 10.9 Å². The number of imidazole rings is 1. The maximum atomic E-state index is 10.1. The molecule has 0 amide bonds. The fourth-order valence-corrected chi connectivity index (χ4v) is 3.13. The molecule has 126 valence electrons. The van der Waals surface area contributed by atoms with Crippen LogP contribution in [-0.2, 0) is 11.2 Å². The maximum Gasteiger partial charge on any atom is 0.167 e. The van der Waals surface area contributed by atoms with E-state index in [9.17, 15) is 10.2 Å². The van der Waals surface area contributed by atoms with E-state index in [0.717, 1.165) is 19.3 Å². The van der Waals surface area contributed by atoms with Gasteiger partial charge in [-0.15, -0.1) is 0 Å². The fourth-order valence-electron chi connectivity index (χ4n) is 2.73. The number of nitrogen functional groups attached to an aromatic ring is 1. The number of aliphatic hydroxyl groups excluding tert-OH is 2. The normalized spacial score (nSPS) is 27.8. The highest BCUT2D eigenvalue weighted by Gasteiger charge is 2.43. The van der Waals surface area contributed by atoms with Crippen molar-refractivity contribution in [3.63, 3.8) is 0 Å². The third-order valence-corrected chi connectivity index (χ3v) is 4.60. The summed E-state index contributed by atoms with van der Waals surface area (Å²) in [6.07, 6.45) is 2.17. The zero-order valence-electron chi connectivity index (χ0n) is 12.8. The Labute approximate surface area is 139 Å². The molecule has 1 fully saturated rings. The van der Waals surface area contributed by atoms with Crippen LogP contribution in [0.2, 0.25) is 0 Å². The molecule has 0 spiro atoms. The lowest BCUT2D eigenvalue weighted by Gasteiger charge is -2.17. The van der Waals surface area contributed by atoms with E-state index in [4.69, 9.17) is 10.5 Å². The highest BCUT2D eigenvalue weighted by molar-refractivity contribution is 7.81. The van der Waals surface area contributed by atoms with Crippen LogP contribution in [0.5, 0.6) is 0 Å². The van der Waals surface area contributed by atoms with Gasteiger partial charge < -0.3 is 20.7 Å². The number of fused-ring (bicyclic) bond motifs is 1. The van der Waals surface area contributed by atoms with Crippen molar-refractivity contribution in [2.45, 2.75) is 49.9 Å². The molecule has 0 aliphatic carbocycles. The van der Waals surface area contributed by atoms with E-state index in [0.29, 0.717) is 22.8 Å². The van der Waals surface area contributed by atoms with Crippen LogP contribution in [0.4, 0.5) is 5.82 Å². The van der Waals surface area contributed by atoms with Gasteiger partial charge in [-0.3, -0.25) is 4.57 Å². The average Bonchev–Trinajstić information content (AvgIpc) is 3.08. The van der Waals surface area contributed by atoms with E-state index in [1.165, 1.54) is 0 Å². The van der Waals surface area contributed by atoms with E-state index >= 15 is 0 Å². The lowest BCUT2D eigenvalue weighted by Crippen LogP contribution is -2.30. The minimum atomic E-state index is -0.871. The number of aromatic nitrogens is 4. The van der Waals surface area contributed by atoms with Crippen LogP contribution in [0.1, 0.15) is 31.8 Å². The highest BCUT2D eigenvalue weighted by atomic mass is 32.1. The number of aliphatic hydroxyl groups is 2. The quantitative estimate of drug-likeness (QED) is 0.578.